The van der Waals surface area contributed by atoms with E-state index in [1.54, 1.807) is 10.8 Å². The Bertz CT molecular complexity index is 1360. The maximum absolute atomic E-state index is 5.58. The minimum Gasteiger partial charge on any atom is -0.494 e. The van der Waals surface area contributed by atoms with Crippen LogP contribution in [-0.2, 0) is 0 Å². The average molecular weight is 397 g/mol. The standard InChI is InChI=1S/C24H23N5O/c1-5-30-20-12-10-19(11-13-20)29-17(4)16(3)21-23(29)25-14-28-24(21)26-22(27-28)18-8-6-15(2)7-9-18/h6-14H,5H2,1-4H3. The lowest BCUT2D eigenvalue weighted by Crippen LogP contribution is -1.99. The normalized spacial score (nSPS) is 11.5. The molecule has 3 aromatic heterocycles. The van der Waals surface area contributed by atoms with Gasteiger partial charge >= 0.3 is 0 Å². The Morgan fingerprint density at radius 2 is 1.63 bits per heavy atom. The van der Waals surface area contributed by atoms with Gasteiger partial charge in [0, 0.05) is 16.9 Å². The van der Waals surface area contributed by atoms with Gasteiger partial charge in [-0.05, 0) is 57.5 Å². The number of aryl methyl sites for hydroxylation is 2. The van der Waals surface area contributed by atoms with E-state index in [9.17, 15) is 0 Å². The third-order valence-electron chi connectivity index (χ3n) is 5.55. The molecule has 30 heavy (non-hydrogen) atoms. The first-order valence-corrected chi connectivity index (χ1v) is 10.1. The van der Waals surface area contributed by atoms with Crippen molar-refractivity contribution in [2.45, 2.75) is 27.7 Å². The number of hydrogen-bond donors (Lipinski definition) is 0. The summed E-state index contributed by atoms with van der Waals surface area (Å²) in [6, 6.07) is 16.4. The second-order valence-electron chi connectivity index (χ2n) is 7.49. The molecule has 0 unspecified atom stereocenters. The fraction of sp³-hybridized carbons (Fsp3) is 0.208. The number of nitrogens with zero attached hydrogens (tertiary/aromatic N) is 5. The molecule has 0 N–H and O–H groups in total. The fourth-order valence-corrected chi connectivity index (χ4v) is 3.86. The summed E-state index contributed by atoms with van der Waals surface area (Å²) in [5, 5.41) is 5.69. The summed E-state index contributed by atoms with van der Waals surface area (Å²) in [5.74, 6) is 1.57. The highest BCUT2D eigenvalue weighted by Crippen LogP contribution is 2.31. The summed E-state index contributed by atoms with van der Waals surface area (Å²) in [7, 11) is 0. The number of hydrogen-bond acceptors (Lipinski definition) is 4. The van der Waals surface area contributed by atoms with Crippen LogP contribution in [0.4, 0.5) is 0 Å². The van der Waals surface area contributed by atoms with Crippen molar-refractivity contribution in [3.8, 4) is 22.8 Å². The summed E-state index contributed by atoms with van der Waals surface area (Å²) in [4.78, 5) is 9.61. The molecule has 0 fully saturated rings. The van der Waals surface area contributed by atoms with Crippen LogP contribution in [0.15, 0.2) is 54.9 Å². The zero-order valence-electron chi connectivity index (χ0n) is 17.5. The molecule has 0 atom stereocenters. The molecule has 0 saturated carbocycles. The maximum atomic E-state index is 5.58. The van der Waals surface area contributed by atoms with Gasteiger partial charge in [0.05, 0.1) is 12.0 Å². The zero-order chi connectivity index (χ0) is 20.8. The molecule has 5 aromatic rings. The molecule has 0 aliphatic rings. The molecular weight excluding hydrogens is 374 g/mol. The Labute approximate surface area is 174 Å². The minimum absolute atomic E-state index is 0.652. The highest BCUT2D eigenvalue weighted by Gasteiger charge is 2.19. The topological polar surface area (TPSA) is 57.2 Å². The van der Waals surface area contributed by atoms with Crippen molar-refractivity contribution in [1.82, 2.24) is 24.1 Å². The van der Waals surface area contributed by atoms with Crippen LogP contribution in [0, 0.1) is 20.8 Å². The molecule has 0 bridgehead atoms. The van der Waals surface area contributed by atoms with Gasteiger partial charge in [0.25, 0.3) is 0 Å². The van der Waals surface area contributed by atoms with Gasteiger partial charge in [0.1, 0.15) is 12.1 Å². The number of ether oxygens (including phenoxy) is 1. The maximum Gasteiger partial charge on any atom is 0.182 e. The predicted octanol–water partition coefficient (Wildman–Crippen LogP) is 5.06. The van der Waals surface area contributed by atoms with Crippen molar-refractivity contribution < 1.29 is 4.74 Å². The second-order valence-corrected chi connectivity index (χ2v) is 7.49. The van der Waals surface area contributed by atoms with Gasteiger partial charge in [-0.1, -0.05) is 29.8 Å². The summed E-state index contributed by atoms with van der Waals surface area (Å²) >= 11 is 0. The first-order valence-electron chi connectivity index (χ1n) is 10.1. The number of rotatable bonds is 4. The van der Waals surface area contributed by atoms with E-state index < -0.39 is 0 Å². The van der Waals surface area contributed by atoms with Gasteiger partial charge in [0.2, 0.25) is 0 Å². The summed E-state index contributed by atoms with van der Waals surface area (Å²) in [6.45, 7) is 8.94. The van der Waals surface area contributed by atoms with Crippen molar-refractivity contribution >= 4 is 16.7 Å². The number of benzene rings is 2. The quantitative estimate of drug-likeness (QED) is 0.425. The Hall–Kier alpha value is -3.67. The van der Waals surface area contributed by atoms with Crippen LogP contribution in [0.25, 0.3) is 33.8 Å². The third kappa shape index (κ3) is 2.84. The van der Waals surface area contributed by atoms with Crippen molar-refractivity contribution in [3.63, 3.8) is 0 Å². The van der Waals surface area contributed by atoms with Gasteiger partial charge in [0.15, 0.2) is 17.1 Å². The van der Waals surface area contributed by atoms with E-state index in [4.69, 9.17) is 14.7 Å². The zero-order valence-corrected chi connectivity index (χ0v) is 17.5. The molecule has 6 heteroatoms. The Balaban J connectivity index is 1.70. The van der Waals surface area contributed by atoms with Crippen LogP contribution in [0.3, 0.4) is 0 Å². The minimum atomic E-state index is 0.652. The molecule has 0 saturated heterocycles. The lowest BCUT2D eigenvalue weighted by molar-refractivity contribution is 0.340. The molecule has 5 rings (SSSR count). The predicted molar refractivity (Wildman–Crippen MR) is 118 cm³/mol. The third-order valence-corrected chi connectivity index (χ3v) is 5.55. The first kappa shape index (κ1) is 18.4. The van der Waals surface area contributed by atoms with Gasteiger partial charge in [-0.2, -0.15) is 0 Å². The molecule has 150 valence electrons. The highest BCUT2D eigenvalue weighted by atomic mass is 16.5. The van der Waals surface area contributed by atoms with E-state index in [0.717, 1.165) is 44.9 Å². The molecule has 0 aliphatic heterocycles. The van der Waals surface area contributed by atoms with Gasteiger partial charge in [-0.25, -0.2) is 14.5 Å². The lowest BCUT2D eigenvalue weighted by atomic mass is 10.1. The largest absolute Gasteiger partial charge is 0.494 e. The second kappa shape index (κ2) is 6.99. The molecule has 0 aliphatic carbocycles. The van der Waals surface area contributed by atoms with E-state index in [1.165, 1.54) is 5.56 Å². The molecule has 6 nitrogen and oxygen atoms in total. The summed E-state index contributed by atoms with van der Waals surface area (Å²) in [5.41, 5.74) is 7.24. The molecule has 3 heterocycles. The lowest BCUT2D eigenvalue weighted by Gasteiger charge is -2.09. The van der Waals surface area contributed by atoms with Gasteiger partial charge in [-0.15, -0.1) is 5.10 Å². The average Bonchev–Trinajstić information content (AvgIpc) is 3.29. The van der Waals surface area contributed by atoms with Crippen LogP contribution in [0.1, 0.15) is 23.7 Å². The Morgan fingerprint density at radius 3 is 2.33 bits per heavy atom. The van der Waals surface area contributed by atoms with Gasteiger partial charge in [-0.3, -0.25) is 4.57 Å². The van der Waals surface area contributed by atoms with E-state index in [1.807, 2.05) is 19.1 Å². The summed E-state index contributed by atoms with van der Waals surface area (Å²) in [6.07, 6.45) is 1.74. The van der Waals surface area contributed by atoms with Crippen molar-refractivity contribution in [2.75, 3.05) is 6.61 Å². The van der Waals surface area contributed by atoms with Crippen LogP contribution < -0.4 is 4.74 Å². The smallest absolute Gasteiger partial charge is 0.182 e. The first-order chi connectivity index (χ1) is 14.6. The van der Waals surface area contributed by atoms with Crippen LogP contribution in [0.5, 0.6) is 5.75 Å². The monoisotopic (exact) mass is 397 g/mol. The van der Waals surface area contributed by atoms with Crippen LogP contribution in [0.2, 0.25) is 0 Å². The van der Waals surface area contributed by atoms with E-state index in [2.05, 4.69) is 66.8 Å². The van der Waals surface area contributed by atoms with E-state index >= 15 is 0 Å². The van der Waals surface area contributed by atoms with Crippen LogP contribution >= 0.6 is 0 Å². The fourth-order valence-electron chi connectivity index (χ4n) is 3.86. The van der Waals surface area contributed by atoms with Crippen LogP contribution in [-0.4, -0.2) is 30.8 Å². The van der Waals surface area contributed by atoms with Crippen molar-refractivity contribution in [2.24, 2.45) is 0 Å². The Morgan fingerprint density at radius 1 is 0.900 bits per heavy atom. The van der Waals surface area contributed by atoms with E-state index in [0.29, 0.717) is 12.4 Å². The Kier molecular flexibility index (Phi) is 4.28. The number of aromatic nitrogens is 5. The SMILES string of the molecule is CCOc1ccc(-n2c(C)c(C)c3c2ncn2nc(-c4ccc(C)cc4)nc32)cc1. The highest BCUT2D eigenvalue weighted by molar-refractivity contribution is 5.95. The van der Waals surface area contributed by atoms with Crippen molar-refractivity contribution in [3.05, 3.63) is 71.7 Å². The van der Waals surface area contributed by atoms with E-state index in [-0.39, 0.29) is 0 Å². The molecule has 2 aromatic carbocycles. The number of fused-ring (bicyclic) bond motifs is 3. The van der Waals surface area contributed by atoms with Gasteiger partial charge < -0.3 is 4.74 Å². The molecule has 0 spiro atoms. The molecule has 0 amide bonds. The molecule has 0 radical (unpaired) electrons. The molecular formula is C24H23N5O. The van der Waals surface area contributed by atoms with Crippen molar-refractivity contribution in [1.29, 1.82) is 0 Å². The summed E-state index contributed by atoms with van der Waals surface area (Å²) < 4.78 is 9.52.